The van der Waals surface area contributed by atoms with Gasteiger partial charge in [0.05, 0.1) is 18.8 Å². The Morgan fingerprint density at radius 2 is 2.00 bits per heavy atom. The van der Waals surface area contributed by atoms with E-state index in [2.05, 4.69) is 5.32 Å². The smallest absolute Gasteiger partial charge is 0.237 e. The summed E-state index contributed by atoms with van der Waals surface area (Å²) in [5.41, 5.74) is 6.98. The second-order valence-electron chi connectivity index (χ2n) is 5.36. The molecule has 1 aliphatic carbocycles. The highest BCUT2D eigenvalue weighted by molar-refractivity contribution is 5.81. The van der Waals surface area contributed by atoms with E-state index >= 15 is 0 Å². The molecule has 0 heterocycles. The van der Waals surface area contributed by atoms with Crippen LogP contribution in [0.5, 0.6) is 0 Å². The van der Waals surface area contributed by atoms with Crippen molar-refractivity contribution in [3.63, 3.8) is 0 Å². The van der Waals surface area contributed by atoms with Gasteiger partial charge in [-0.3, -0.25) is 4.79 Å². The molecule has 0 bridgehead atoms. The molecular weight excluding hydrogens is 252 g/mol. The minimum atomic E-state index is -0.496. The Bertz CT molecular complexity index is 402. The highest BCUT2D eigenvalue weighted by Gasteiger charge is 2.16. The molecule has 0 aliphatic heterocycles. The molecule has 0 radical (unpaired) electrons. The lowest BCUT2D eigenvalue weighted by molar-refractivity contribution is -0.122. The number of amides is 1. The molecule has 1 aromatic rings. The SMILES string of the molecule is NC(Cc1ccccc1)C(=O)NCCOC1CCCC1. The molecule has 1 atom stereocenters. The second-order valence-corrected chi connectivity index (χ2v) is 5.36. The summed E-state index contributed by atoms with van der Waals surface area (Å²) in [4.78, 5) is 11.9. The molecule has 3 N–H and O–H groups in total. The maximum Gasteiger partial charge on any atom is 0.237 e. The average molecular weight is 276 g/mol. The van der Waals surface area contributed by atoms with E-state index in [0.29, 0.717) is 25.7 Å². The first-order chi connectivity index (χ1) is 9.75. The van der Waals surface area contributed by atoms with Crippen LogP contribution in [0.3, 0.4) is 0 Å². The molecule has 2 rings (SSSR count). The maximum atomic E-state index is 11.9. The van der Waals surface area contributed by atoms with Gasteiger partial charge in [0, 0.05) is 6.54 Å². The Labute approximate surface area is 120 Å². The standard InChI is InChI=1S/C16H24N2O2/c17-15(12-13-6-2-1-3-7-13)16(19)18-10-11-20-14-8-4-5-9-14/h1-3,6-7,14-15H,4-5,8-12,17H2,(H,18,19). The molecule has 0 saturated heterocycles. The predicted molar refractivity (Wildman–Crippen MR) is 79.3 cm³/mol. The number of carbonyl (C=O) groups is 1. The molecule has 20 heavy (non-hydrogen) atoms. The molecular formula is C16H24N2O2. The molecule has 0 aromatic heterocycles. The zero-order chi connectivity index (χ0) is 14.2. The topological polar surface area (TPSA) is 64.4 Å². The second kappa shape index (κ2) is 8.02. The molecule has 1 unspecified atom stereocenters. The van der Waals surface area contributed by atoms with Crippen molar-refractivity contribution in [1.82, 2.24) is 5.32 Å². The van der Waals surface area contributed by atoms with E-state index < -0.39 is 6.04 Å². The fourth-order valence-electron chi connectivity index (χ4n) is 2.55. The van der Waals surface area contributed by atoms with Crippen molar-refractivity contribution < 1.29 is 9.53 Å². The molecule has 1 fully saturated rings. The first-order valence-corrected chi connectivity index (χ1v) is 7.44. The van der Waals surface area contributed by atoms with Gasteiger partial charge in [-0.2, -0.15) is 0 Å². The predicted octanol–water partition coefficient (Wildman–Crippen LogP) is 1.63. The van der Waals surface area contributed by atoms with Crippen molar-refractivity contribution in [2.75, 3.05) is 13.2 Å². The molecule has 1 aromatic carbocycles. The van der Waals surface area contributed by atoms with Crippen LogP contribution in [0.2, 0.25) is 0 Å². The van der Waals surface area contributed by atoms with Gasteiger partial charge in [0.1, 0.15) is 0 Å². The monoisotopic (exact) mass is 276 g/mol. The van der Waals surface area contributed by atoms with Crippen molar-refractivity contribution in [2.24, 2.45) is 5.73 Å². The van der Waals surface area contributed by atoms with E-state index in [1.54, 1.807) is 0 Å². The number of hydrogen-bond donors (Lipinski definition) is 2. The number of nitrogens with one attached hydrogen (secondary N) is 1. The van der Waals surface area contributed by atoms with Gasteiger partial charge in [0.2, 0.25) is 5.91 Å². The summed E-state index contributed by atoms with van der Waals surface area (Å²) in [6, 6.07) is 9.33. The average Bonchev–Trinajstić information content (AvgIpc) is 2.97. The Morgan fingerprint density at radius 3 is 2.70 bits per heavy atom. The van der Waals surface area contributed by atoms with E-state index in [4.69, 9.17) is 10.5 Å². The van der Waals surface area contributed by atoms with Gasteiger partial charge in [-0.1, -0.05) is 43.2 Å². The number of nitrogens with two attached hydrogens (primary N) is 1. The van der Waals surface area contributed by atoms with E-state index in [-0.39, 0.29) is 5.91 Å². The maximum absolute atomic E-state index is 11.9. The fraction of sp³-hybridized carbons (Fsp3) is 0.562. The quantitative estimate of drug-likeness (QED) is 0.744. The highest BCUT2D eigenvalue weighted by Crippen LogP contribution is 2.20. The first-order valence-electron chi connectivity index (χ1n) is 7.44. The summed E-state index contributed by atoms with van der Waals surface area (Å²) in [5, 5.41) is 2.84. The Balaban J connectivity index is 1.61. The van der Waals surface area contributed by atoms with Gasteiger partial charge in [0.25, 0.3) is 0 Å². The van der Waals surface area contributed by atoms with E-state index in [9.17, 15) is 4.79 Å². The summed E-state index contributed by atoms with van der Waals surface area (Å²) in [7, 11) is 0. The van der Waals surface area contributed by atoms with Crippen LogP contribution in [0.4, 0.5) is 0 Å². The lowest BCUT2D eigenvalue weighted by Crippen LogP contribution is -2.43. The Kier molecular flexibility index (Phi) is 6.02. The summed E-state index contributed by atoms with van der Waals surface area (Å²) in [6.07, 6.45) is 5.79. The molecule has 1 saturated carbocycles. The molecule has 4 heteroatoms. The summed E-state index contributed by atoms with van der Waals surface area (Å²) in [5.74, 6) is -0.108. The number of rotatable bonds is 7. The number of benzene rings is 1. The van der Waals surface area contributed by atoms with Gasteiger partial charge in [0.15, 0.2) is 0 Å². The van der Waals surface area contributed by atoms with E-state index in [0.717, 1.165) is 18.4 Å². The van der Waals surface area contributed by atoms with Crippen LogP contribution in [0.15, 0.2) is 30.3 Å². The van der Waals surface area contributed by atoms with Crippen LogP contribution < -0.4 is 11.1 Å². The van der Waals surface area contributed by atoms with Crippen molar-refractivity contribution in [1.29, 1.82) is 0 Å². The van der Waals surface area contributed by atoms with Crippen LogP contribution in [0.1, 0.15) is 31.2 Å². The summed E-state index contributed by atoms with van der Waals surface area (Å²) >= 11 is 0. The first kappa shape index (κ1) is 15.0. The van der Waals surface area contributed by atoms with Gasteiger partial charge in [-0.05, 0) is 24.8 Å². The van der Waals surface area contributed by atoms with Crippen LogP contribution >= 0.6 is 0 Å². The minimum Gasteiger partial charge on any atom is -0.376 e. The molecule has 1 amide bonds. The van der Waals surface area contributed by atoms with Crippen molar-refractivity contribution in [3.8, 4) is 0 Å². The third-order valence-corrected chi connectivity index (χ3v) is 3.69. The number of hydrogen-bond acceptors (Lipinski definition) is 3. The van der Waals surface area contributed by atoms with Crippen molar-refractivity contribution >= 4 is 5.91 Å². The zero-order valence-electron chi connectivity index (χ0n) is 11.9. The summed E-state index contributed by atoms with van der Waals surface area (Å²) in [6.45, 7) is 1.12. The zero-order valence-corrected chi connectivity index (χ0v) is 11.9. The van der Waals surface area contributed by atoms with Gasteiger partial charge < -0.3 is 15.8 Å². The van der Waals surface area contributed by atoms with Crippen LogP contribution in [0, 0.1) is 0 Å². The van der Waals surface area contributed by atoms with Gasteiger partial charge in [-0.25, -0.2) is 0 Å². The molecule has 0 spiro atoms. The third-order valence-electron chi connectivity index (χ3n) is 3.69. The lowest BCUT2D eigenvalue weighted by atomic mass is 10.1. The molecule has 4 nitrogen and oxygen atoms in total. The molecule has 1 aliphatic rings. The molecule has 110 valence electrons. The van der Waals surface area contributed by atoms with E-state index in [1.165, 1.54) is 12.8 Å². The number of ether oxygens (including phenoxy) is 1. The lowest BCUT2D eigenvalue weighted by Gasteiger charge is -2.14. The van der Waals surface area contributed by atoms with Crippen molar-refractivity contribution in [2.45, 2.75) is 44.2 Å². The van der Waals surface area contributed by atoms with E-state index in [1.807, 2.05) is 30.3 Å². The Hall–Kier alpha value is -1.39. The van der Waals surface area contributed by atoms with Crippen LogP contribution in [-0.4, -0.2) is 31.2 Å². The van der Waals surface area contributed by atoms with Crippen LogP contribution in [0.25, 0.3) is 0 Å². The minimum absolute atomic E-state index is 0.108. The number of carbonyl (C=O) groups excluding carboxylic acids is 1. The normalized spacial score (nSPS) is 17.1. The van der Waals surface area contributed by atoms with Gasteiger partial charge >= 0.3 is 0 Å². The summed E-state index contributed by atoms with van der Waals surface area (Å²) < 4.78 is 5.70. The largest absolute Gasteiger partial charge is 0.376 e. The van der Waals surface area contributed by atoms with Crippen LogP contribution in [-0.2, 0) is 16.0 Å². The Morgan fingerprint density at radius 1 is 1.30 bits per heavy atom. The highest BCUT2D eigenvalue weighted by atomic mass is 16.5. The van der Waals surface area contributed by atoms with Crippen molar-refractivity contribution in [3.05, 3.63) is 35.9 Å². The van der Waals surface area contributed by atoms with Gasteiger partial charge in [-0.15, -0.1) is 0 Å². The fourth-order valence-corrected chi connectivity index (χ4v) is 2.55. The third kappa shape index (κ3) is 4.94.